The molecule has 1 saturated heterocycles. The monoisotopic (exact) mass is 221 g/mol. The topological polar surface area (TPSA) is 51.4 Å². The van der Waals surface area contributed by atoms with Crippen LogP contribution in [0.2, 0.25) is 0 Å². The summed E-state index contributed by atoms with van der Waals surface area (Å²) in [5, 5.41) is 0. The maximum atomic E-state index is 5.71. The minimum Gasteiger partial charge on any atom is -0.397 e. The number of hydrogen-bond donors (Lipinski definition) is 1. The van der Waals surface area contributed by atoms with Crippen LogP contribution in [-0.2, 0) is 4.74 Å². The van der Waals surface area contributed by atoms with E-state index in [4.69, 9.17) is 10.5 Å². The first-order valence-electron chi connectivity index (χ1n) is 5.68. The van der Waals surface area contributed by atoms with Crippen molar-refractivity contribution in [2.45, 2.75) is 32.9 Å². The van der Waals surface area contributed by atoms with Gasteiger partial charge in [0.2, 0.25) is 0 Å². The van der Waals surface area contributed by atoms with Gasteiger partial charge in [-0.1, -0.05) is 0 Å². The second kappa shape index (κ2) is 4.29. The molecule has 1 aliphatic rings. The fourth-order valence-corrected chi connectivity index (χ4v) is 2.09. The average molecular weight is 221 g/mol. The van der Waals surface area contributed by atoms with Gasteiger partial charge in [0.15, 0.2) is 0 Å². The van der Waals surface area contributed by atoms with Gasteiger partial charge in [0, 0.05) is 6.54 Å². The first-order chi connectivity index (χ1) is 7.58. The van der Waals surface area contributed by atoms with Crippen LogP contribution in [0, 0.1) is 6.92 Å². The third-order valence-electron chi connectivity index (χ3n) is 2.95. The molecule has 0 aromatic carbocycles. The van der Waals surface area contributed by atoms with Crippen molar-refractivity contribution in [3.63, 3.8) is 0 Å². The minimum atomic E-state index is 0.259. The first kappa shape index (κ1) is 11.2. The van der Waals surface area contributed by atoms with E-state index in [1.807, 2.05) is 13.0 Å². The van der Waals surface area contributed by atoms with Gasteiger partial charge in [-0.2, -0.15) is 0 Å². The lowest BCUT2D eigenvalue weighted by Crippen LogP contribution is -2.48. The third kappa shape index (κ3) is 2.11. The molecule has 4 nitrogen and oxygen atoms in total. The lowest BCUT2D eigenvalue weighted by Gasteiger charge is -2.38. The molecule has 2 heterocycles. The van der Waals surface area contributed by atoms with Gasteiger partial charge in [0.1, 0.15) is 5.82 Å². The Hall–Kier alpha value is -1.29. The van der Waals surface area contributed by atoms with Gasteiger partial charge >= 0.3 is 0 Å². The SMILES string of the molecule is Cc1cc(N)cnc1N1CC(C)OCC1C. The Morgan fingerprint density at radius 2 is 2.25 bits per heavy atom. The molecule has 2 N–H and O–H groups in total. The Bertz CT molecular complexity index is 381. The molecule has 0 saturated carbocycles. The number of morpholine rings is 1. The molecule has 0 amide bonds. The van der Waals surface area contributed by atoms with Crippen molar-refractivity contribution in [3.05, 3.63) is 17.8 Å². The van der Waals surface area contributed by atoms with Crippen molar-refractivity contribution in [1.29, 1.82) is 0 Å². The summed E-state index contributed by atoms with van der Waals surface area (Å²) >= 11 is 0. The fourth-order valence-electron chi connectivity index (χ4n) is 2.09. The van der Waals surface area contributed by atoms with E-state index in [2.05, 4.69) is 23.7 Å². The zero-order valence-corrected chi connectivity index (χ0v) is 10.1. The summed E-state index contributed by atoms with van der Waals surface area (Å²) in [4.78, 5) is 6.73. The zero-order chi connectivity index (χ0) is 11.7. The van der Waals surface area contributed by atoms with E-state index in [1.165, 1.54) is 0 Å². The highest BCUT2D eigenvalue weighted by atomic mass is 16.5. The number of pyridine rings is 1. The Morgan fingerprint density at radius 3 is 2.94 bits per heavy atom. The number of anilines is 2. The third-order valence-corrected chi connectivity index (χ3v) is 2.95. The minimum absolute atomic E-state index is 0.259. The van der Waals surface area contributed by atoms with Gasteiger partial charge in [-0.25, -0.2) is 4.98 Å². The van der Waals surface area contributed by atoms with Crippen molar-refractivity contribution in [2.75, 3.05) is 23.8 Å². The Balaban J connectivity index is 2.28. The lowest BCUT2D eigenvalue weighted by molar-refractivity contribution is 0.0340. The maximum Gasteiger partial charge on any atom is 0.131 e. The molecule has 0 spiro atoms. The highest BCUT2D eigenvalue weighted by Crippen LogP contribution is 2.24. The molecule has 0 radical (unpaired) electrons. The molecule has 2 atom stereocenters. The van der Waals surface area contributed by atoms with E-state index >= 15 is 0 Å². The van der Waals surface area contributed by atoms with Crippen LogP contribution >= 0.6 is 0 Å². The molecule has 2 unspecified atom stereocenters. The van der Waals surface area contributed by atoms with Gasteiger partial charge in [-0.15, -0.1) is 0 Å². The summed E-state index contributed by atoms with van der Waals surface area (Å²) in [5.74, 6) is 1.02. The number of nitrogen functional groups attached to an aromatic ring is 1. The molecule has 4 heteroatoms. The number of nitrogens with two attached hydrogens (primary N) is 1. The highest BCUT2D eigenvalue weighted by molar-refractivity contribution is 5.53. The Kier molecular flexibility index (Phi) is 3.01. The van der Waals surface area contributed by atoms with E-state index in [1.54, 1.807) is 6.20 Å². The first-order valence-corrected chi connectivity index (χ1v) is 5.68. The smallest absolute Gasteiger partial charge is 0.131 e. The fraction of sp³-hybridized carbons (Fsp3) is 0.583. The van der Waals surface area contributed by atoms with Gasteiger partial charge in [-0.05, 0) is 32.4 Å². The normalized spacial score (nSPS) is 25.8. The lowest BCUT2D eigenvalue weighted by atomic mass is 10.1. The van der Waals surface area contributed by atoms with Crippen molar-refractivity contribution in [2.24, 2.45) is 0 Å². The van der Waals surface area contributed by atoms with Gasteiger partial charge in [-0.3, -0.25) is 0 Å². The quantitative estimate of drug-likeness (QED) is 0.782. The molecule has 16 heavy (non-hydrogen) atoms. The zero-order valence-electron chi connectivity index (χ0n) is 10.1. The summed E-state index contributed by atoms with van der Waals surface area (Å²) in [6.07, 6.45) is 1.98. The van der Waals surface area contributed by atoms with E-state index in [0.717, 1.165) is 30.2 Å². The number of rotatable bonds is 1. The molecule has 1 fully saturated rings. The molecule has 2 rings (SSSR count). The molecule has 1 aromatic rings. The Labute approximate surface area is 96.4 Å². The van der Waals surface area contributed by atoms with Crippen LogP contribution in [0.5, 0.6) is 0 Å². The summed E-state index contributed by atoms with van der Waals surface area (Å²) in [7, 11) is 0. The Morgan fingerprint density at radius 1 is 1.50 bits per heavy atom. The molecule has 1 aliphatic heterocycles. The van der Waals surface area contributed by atoms with Crippen molar-refractivity contribution >= 4 is 11.5 Å². The maximum absolute atomic E-state index is 5.71. The van der Waals surface area contributed by atoms with Gasteiger partial charge in [0.25, 0.3) is 0 Å². The van der Waals surface area contributed by atoms with E-state index in [-0.39, 0.29) is 6.10 Å². The molecule has 88 valence electrons. The van der Waals surface area contributed by atoms with E-state index < -0.39 is 0 Å². The molecule has 1 aromatic heterocycles. The standard InChI is InChI=1S/C12H19N3O/c1-8-4-11(13)5-14-12(8)15-6-10(3)16-7-9(15)2/h4-5,9-10H,6-7,13H2,1-3H3. The second-order valence-electron chi connectivity index (χ2n) is 4.55. The molecular formula is C12H19N3O. The van der Waals surface area contributed by atoms with Crippen molar-refractivity contribution in [3.8, 4) is 0 Å². The second-order valence-corrected chi connectivity index (χ2v) is 4.55. The number of nitrogens with zero attached hydrogens (tertiary/aromatic N) is 2. The summed E-state index contributed by atoms with van der Waals surface area (Å²) in [5.41, 5.74) is 7.56. The predicted octanol–water partition coefficient (Wildman–Crippen LogP) is 1.59. The molecule has 0 aliphatic carbocycles. The van der Waals surface area contributed by atoms with Gasteiger partial charge in [0.05, 0.1) is 30.6 Å². The van der Waals surface area contributed by atoms with Crippen molar-refractivity contribution < 1.29 is 4.74 Å². The largest absolute Gasteiger partial charge is 0.397 e. The number of hydrogen-bond acceptors (Lipinski definition) is 4. The van der Waals surface area contributed by atoms with E-state index in [0.29, 0.717) is 6.04 Å². The highest BCUT2D eigenvalue weighted by Gasteiger charge is 2.25. The van der Waals surface area contributed by atoms with Crippen molar-refractivity contribution in [1.82, 2.24) is 4.98 Å². The van der Waals surface area contributed by atoms with Crippen LogP contribution in [0.3, 0.4) is 0 Å². The van der Waals surface area contributed by atoms with Crippen LogP contribution in [0.4, 0.5) is 11.5 Å². The molecule has 0 bridgehead atoms. The van der Waals surface area contributed by atoms with Crippen LogP contribution < -0.4 is 10.6 Å². The summed E-state index contributed by atoms with van der Waals surface area (Å²) < 4.78 is 5.61. The van der Waals surface area contributed by atoms with Crippen LogP contribution in [0.15, 0.2) is 12.3 Å². The summed E-state index contributed by atoms with van der Waals surface area (Å²) in [6.45, 7) is 7.94. The van der Waals surface area contributed by atoms with E-state index in [9.17, 15) is 0 Å². The van der Waals surface area contributed by atoms with Crippen LogP contribution in [0.25, 0.3) is 0 Å². The van der Waals surface area contributed by atoms with Crippen LogP contribution in [0.1, 0.15) is 19.4 Å². The number of aryl methyl sites for hydroxylation is 1. The average Bonchev–Trinajstić information content (AvgIpc) is 2.22. The number of ether oxygens (including phenoxy) is 1. The summed E-state index contributed by atoms with van der Waals surface area (Å²) in [6, 6.07) is 2.33. The molecular weight excluding hydrogens is 202 g/mol. The van der Waals surface area contributed by atoms with Crippen LogP contribution in [-0.4, -0.2) is 30.3 Å². The van der Waals surface area contributed by atoms with Gasteiger partial charge < -0.3 is 15.4 Å². The number of aromatic nitrogens is 1. The predicted molar refractivity (Wildman–Crippen MR) is 65.6 cm³/mol.